The van der Waals surface area contributed by atoms with Crippen LogP contribution in [0.15, 0.2) is 60.8 Å². The van der Waals surface area contributed by atoms with Gasteiger partial charge in [-0.05, 0) is 36.6 Å². The molecule has 3 aromatic rings. The van der Waals surface area contributed by atoms with Gasteiger partial charge in [-0.3, -0.25) is 4.79 Å². The summed E-state index contributed by atoms with van der Waals surface area (Å²) in [6, 6.07) is 17.5. The zero-order chi connectivity index (χ0) is 19.3. The van der Waals surface area contributed by atoms with Crippen LogP contribution in [0.25, 0.3) is 0 Å². The number of hydrogen-bond donors (Lipinski definition) is 1. The molecule has 0 saturated carbocycles. The Labute approximate surface area is 164 Å². The summed E-state index contributed by atoms with van der Waals surface area (Å²) in [7, 11) is 1.64. The van der Waals surface area contributed by atoms with Crippen molar-refractivity contribution < 1.29 is 9.53 Å². The van der Waals surface area contributed by atoms with Gasteiger partial charge in [0.1, 0.15) is 11.4 Å². The molecule has 0 radical (unpaired) electrons. The minimum Gasteiger partial charge on any atom is -0.496 e. The van der Waals surface area contributed by atoms with Gasteiger partial charge in [0.05, 0.1) is 7.11 Å². The Bertz CT molecular complexity index is 990. The fourth-order valence-corrected chi connectivity index (χ4v) is 3.47. The molecule has 0 bridgehead atoms. The Morgan fingerprint density at radius 1 is 1.14 bits per heavy atom. The standard InChI is InChI=1S/C22H22N4O2/c1-28-20-11-5-3-8-17(20)15-24-22-23-13-12-18(25-22)21(27)26-14-6-9-16-7-2-4-10-19(16)26/h2-5,7-8,10-13H,6,9,14-15H2,1H3,(H,23,24,25). The van der Waals surface area contributed by atoms with E-state index in [1.807, 2.05) is 47.4 Å². The maximum Gasteiger partial charge on any atom is 0.277 e. The van der Waals surface area contributed by atoms with Crippen LogP contribution in [0, 0.1) is 0 Å². The molecule has 1 N–H and O–H groups in total. The summed E-state index contributed by atoms with van der Waals surface area (Å²) < 4.78 is 5.37. The molecule has 6 nitrogen and oxygen atoms in total. The maximum atomic E-state index is 13.1. The zero-order valence-corrected chi connectivity index (χ0v) is 15.8. The molecule has 142 valence electrons. The Hall–Kier alpha value is -3.41. The Morgan fingerprint density at radius 2 is 1.96 bits per heavy atom. The zero-order valence-electron chi connectivity index (χ0n) is 15.8. The molecule has 0 atom stereocenters. The van der Waals surface area contributed by atoms with Gasteiger partial charge in [0.25, 0.3) is 5.91 Å². The average Bonchev–Trinajstić information content (AvgIpc) is 2.77. The third kappa shape index (κ3) is 3.67. The summed E-state index contributed by atoms with van der Waals surface area (Å²) in [6.07, 6.45) is 3.56. The fraction of sp³-hybridized carbons (Fsp3) is 0.227. The molecule has 0 spiro atoms. The van der Waals surface area contributed by atoms with E-state index in [0.29, 0.717) is 24.7 Å². The van der Waals surface area contributed by atoms with Crippen molar-refractivity contribution >= 4 is 17.5 Å². The number of fused-ring (bicyclic) bond motifs is 1. The van der Waals surface area contributed by atoms with Crippen molar-refractivity contribution in [3.63, 3.8) is 0 Å². The highest BCUT2D eigenvalue weighted by atomic mass is 16.5. The van der Waals surface area contributed by atoms with Crippen LogP contribution >= 0.6 is 0 Å². The normalized spacial score (nSPS) is 13.0. The predicted molar refractivity (Wildman–Crippen MR) is 109 cm³/mol. The van der Waals surface area contributed by atoms with Crippen molar-refractivity contribution in [2.24, 2.45) is 0 Å². The molecule has 2 heterocycles. The third-order valence-electron chi connectivity index (χ3n) is 4.86. The van der Waals surface area contributed by atoms with Crippen LogP contribution in [-0.2, 0) is 13.0 Å². The van der Waals surface area contributed by atoms with E-state index in [1.165, 1.54) is 5.56 Å². The highest BCUT2D eigenvalue weighted by Gasteiger charge is 2.24. The second kappa shape index (κ2) is 8.08. The van der Waals surface area contributed by atoms with Crippen LogP contribution < -0.4 is 15.0 Å². The quantitative estimate of drug-likeness (QED) is 0.738. The van der Waals surface area contributed by atoms with Crippen molar-refractivity contribution in [1.82, 2.24) is 9.97 Å². The summed E-state index contributed by atoms with van der Waals surface area (Å²) in [5.41, 5.74) is 3.55. The first-order valence-electron chi connectivity index (χ1n) is 9.35. The maximum absolute atomic E-state index is 13.1. The highest BCUT2D eigenvalue weighted by Crippen LogP contribution is 2.28. The van der Waals surface area contributed by atoms with Crippen molar-refractivity contribution in [3.8, 4) is 5.75 Å². The largest absolute Gasteiger partial charge is 0.496 e. The summed E-state index contributed by atoms with van der Waals surface area (Å²) in [4.78, 5) is 23.6. The van der Waals surface area contributed by atoms with Gasteiger partial charge in [-0.25, -0.2) is 9.97 Å². The number of amides is 1. The lowest BCUT2D eigenvalue weighted by atomic mass is 10.0. The summed E-state index contributed by atoms with van der Waals surface area (Å²) in [6.45, 7) is 1.21. The minimum atomic E-state index is -0.102. The molecule has 2 aromatic carbocycles. The van der Waals surface area contributed by atoms with Gasteiger partial charge >= 0.3 is 0 Å². The van der Waals surface area contributed by atoms with Gasteiger partial charge in [0, 0.05) is 30.5 Å². The smallest absolute Gasteiger partial charge is 0.277 e. The van der Waals surface area contributed by atoms with E-state index in [-0.39, 0.29) is 5.91 Å². The molecule has 0 saturated heterocycles. The van der Waals surface area contributed by atoms with Gasteiger partial charge in [-0.15, -0.1) is 0 Å². The minimum absolute atomic E-state index is 0.102. The highest BCUT2D eigenvalue weighted by molar-refractivity contribution is 6.05. The van der Waals surface area contributed by atoms with E-state index in [0.717, 1.165) is 29.8 Å². The van der Waals surface area contributed by atoms with Crippen LogP contribution in [-0.4, -0.2) is 29.5 Å². The van der Waals surface area contributed by atoms with Gasteiger partial charge in [0.15, 0.2) is 0 Å². The monoisotopic (exact) mass is 374 g/mol. The van der Waals surface area contributed by atoms with E-state index < -0.39 is 0 Å². The third-order valence-corrected chi connectivity index (χ3v) is 4.86. The Kier molecular flexibility index (Phi) is 5.19. The number of carbonyl (C=O) groups is 1. The second-order valence-corrected chi connectivity index (χ2v) is 6.62. The Morgan fingerprint density at radius 3 is 2.86 bits per heavy atom. The van der Waals surface area contributed by atoms with E-state index in [2.05, 4.69) is 21.4 Å². The van der Waals surface area contributed by atoms with Crippen molar-refractivity contribution in [2.75, 3.05) is 23.9 Å². The average molecular weight is 374 g/mol. The molecular weight excluding hydrogens is 352 g/mol. The first kappa shape index (κ1) is 18.0. The number of anilines is 2. The number of rotatable bonds is 5. The number of nitrogens with one attached hydrogen (secondary N) is 1. The number of methoxy groups -OCH3 is 1. The number of nitrogens with zero attached hydrogens (tertiary/aromatic N) is 3. The molecule has 0 unspecified atom stereocenters. The lowest BCUT2D eigenvalue weighted by Gasteiger charge is -2.29. The number of ether oxygens (including phenoxy) is 1. The number of carbonyl (C=O) groups excluding carboxylic acids is 1. The summed E-state index contributed by atoms with van der Waals surface area (Å²) >= 11 is 0. The summed E-state index contributed by atoms with van der Waals surface area (Å²) in [5.74, 6) is 1.11. The van der Waals surface area contributed by atoms with Crippen LogP contribution in [0.5, 0.6) is 5.75 Å². The van der Waals surface area contributed by atoms with E-state index in [1.54, 1.807) is 19.4 Å². The van der Waals surface area contributed by atoms with Crippen molar-refractivity contribution in [1.29, 1.82) is 0 Å². The molecular formula is C22H22N4O2. The molecule has 0 aliphatic carbocycles. The van der Waals surface area contributed by atoms with E-state index in [9.17, 15) is 4.79 Å². The SMILES string of the molecule is COc1ccccc1CNc1nccc(C(=O)N2CCCc3ccccc32)n1. The molecule has 1 amide bonds. The summed E-state index contributed by atoms with van der Waals surface area (Å²) in [5, 5.41) is 3.18. The van der Waals surface area contributed by atoms with Crippen molar-refractivity contribution in [3.05, 3.63) is 77.6 Å². The number of benzene rings is 2. The van der Waals surface area contributed by atoms with Gasteiger partial charge < -0.3 is 15.0 Å². The molecule has 28 heavy (non-hydrogen) atoms. The first-order chi connectivity index (χ1) is 13.8. The van der Waals surface area contributed by atoms with Crippen LogP contribution in [0.4, 0.5) is 11.6 Å². The van der Waals surface area contributed by atoms with Crippen LogP contribution in [0.3, 0.4) is 0 Å². The topological polar surface area (TPSA) is 67.3 Å². The number of aryl methyl sites for hydroxylation is 1. The lowest BCUT2D eigenvalue weighted by molar-refractivity contribution is 0.0980. The second-order valence-electron chi connectivity index (χ2n) is 6.62. The molecule has 4 rings (SSSR count). The van der Waals surface area contributed by atoms with Crippen LogP contribution in [0.2, 0.25) is 0 Å². The van der Waals surface area contributed by atoms with Gasteiger partial charge in [-0.1, -0.05) is 36.4 Å². The number of aromatic nitrogens is 2. The first-order valence-corrected chi connectivity index (χ1v) is 9.35. The van der Waals surface area contributed by atoms with E-state index in [4.69, 9.17) is 4.74 Å². The molecule has 1 aromatic heterocycles. The molecule has 1 aliphatic heterocycles. The van der Waals surface area contributed by atoms with Crippen molar-refractivity contribution in [2.45, 2.75) is 19.4 Å². The van der Waals surface area contributed by atoms with Crippen LogP contribution in [0.1, 0.15) is 28.0 Å². The molecule has 6 heteroatoms. The fourth-order valence-electron chi connectivity index (χ4n) is 3.47. The molecule has 1 aliphatic rings. The number of para-hydroxylation sites is 2. The van der Waals surface area contributed by atoms with Gasteiger partial charge in [0.2, 0.25) is 5.95 Å². The predicted octanol–water partition coefficient (Wildman–Crippen LogP) is 3.69. The lowest BCUT2D eigenvalue weighted by Crippen LogP contribution is -2.36. The number of hydrogen-bond acceptors (Lipinski definition) is 5. The van der Waals surface area contributed by atoms with Gasteiger partial charge in [-0.2, -0.15) is 0 Å². The Balaban J connectivity index is 1.52. The molecule has 0 fully saturated rings. The van der Waals surface area contributed by atoms with E-state index >= 15 is 0 Å².